The van der Waals surface area contributed by atoms with Crippen LogP contribution >= 0.6 is 0 Å². The first-order chi connectivity index (χ1) is 12.5. The molecule has 0 aromatic heterocycles. The molecule has 0 aliphatic carbocycles. The number of aliphatic carboxylic acids is 1. The van der Waals surface area contributed by atoms with Gasteiger partial charge in [0.25, 0.3) is 0 Å². The van der Waals surface area contributed by atoms with Gasteiger partial charge in [-0.3, -0.25) is 0 Å². The van der Waals surface area contributed by atoms with Gasteiger partial charge in [-0.1, -0.05) is 60.7 Å². The van der Waals surface area contributed by atoms with Gasteiger partial charge < -0.3 is 9.84 Å². The zero-order chi connectivity index (χ0) is 18.5. The number of carbonyl (C=O) groups is 1. The van der Waals surface area contributed by atoms with Crippen LogP contribution in [0.1, 0.15) is 16.7 Å². The molecule has 3 heteroatoms. The summed E-state index contributed by atoms with van der Waals surface area (Å²) >= 11 is 0. The smallest absolute Gasteiger partial charge is 0.345 e. The van der Waals surface area contributed by atoms with Crippen LogP contribution in [0.2, 0.25) is 0 Å². The number of hydrogen-bond acceptors (Lipinski definition) is 2. The normalized spacial score (nSPS) is 11.8. The average Bonchev–Trinajstić information content (AvgIpc) is 2.65. The van der Waals surface area contributed by atoms with E-state index >= 15 is 0 Å². The lowest BCUT2D eigenvalue weighted by molar-refractivity contribution is -0.145. The molecule has 132 valence electrons. The van der Waals surface area contributed by atoms with Gasteiger partial charge >= 0.3 is 5.97 Å². The standard InChI is InChI=1S/C23H22O3/c1-16-8-9-18(14-17(16)2)15-22(23(24)25)26-21-12-10-20(11-13-21)19-6-4-3-5-7-19/h3-14,22H,15H2,1-2H3,(H,24,25)/t22-/m1/s1. The van der Waals surface area contributed by atoms with Gasteiger partial charge in [-0.15, -0.1) is 0 Å². The highest BCUT2D eigenvalue weighted by Crippen LogP contribution is 2.23. The SMILES string of the molecule is Cc1ccc(C[C@@H](Oc2ccc(-c3ccccc3)cc2)C(=O)O)cc1C. The van der Waals surface area contributed by atoms with E-state index in [0.29, 0.717) is 12.2 Å². The topological polar surface area (TPSA) is 46.5 Å². The molecule has 0 bridgehead atoms. The Bertz CT molecular complexity index is 883. The molecule has 0 saturated carbocycles. The fraction of sp³-hybridized carbons (Fsp3) is 0.174. The highest BCUT2D eigenvalue weighted by molar-refractivity contribution is 5.73. The van der Waals surface area contributed by atoms with Crippen LogP contribution in [-0.4, -0.2) is 17.2 Å². The summed E-state index contributed by atoms with van der Waals surface area (Å²) in [6.07, 6.45) is -0.587. The molecule has 3 aromatic rings. The van der Waals surface area contributed by atoms with E-state index < -0.39 is 12.1 Å². The van der Waals surface area contributed by atoms with Crippen molar-refractivity contribution in [3.05, 3.63) is 89.5 Å². The number of hydrogen-bond donors (Lipinski definition) is 1. The van der Waals surface area contributed by atoms with Crippen LogP contribution in [0.4, 0.5) is 0 Å². The van der Waals surface area contributed by atoms with Crippen molar-refractivity contribution in [2.24, 2.45) is 0 Å². The van der Waals surface area contributed by atoms with Gasteiger partial charge in [0, 0.05) is 6.42 Å². The molecule has 1 N–H and O–H groups in total. The average molecular weight is 346 g/mol. The number of benzene rings is 3. The van der Waals surface area contributed by atoms with Crippen LogP contribution in [0.25, 0.3) is 11.1 Å². The Balaban J connectivity index is 1.73. The van der Waals surface area contributed by atoms with Crippen LogP contribution in [-0.2, 0) is 11.2 Å². The largest absolute Gasteiger partial charge is 0.478 e. The van der Waals surface area contributed by atoms with Crippen LogP contribution in [0.15, 0.2) is 72.8 Å². The molecule has 0 spiro atoms. The van der Waals surface area contributed by atoms with Gasteiger partial charge in [0.05, 0.1) is 0 Å². The summed E-state index contributed by atoms with van der Waals surface area (Å²) in [6, 6.07) is 23.5. The van der Waals surface area contributed by atoms with E-state index in [9.17, 15) is 9.90 Å². The summed E-state index contributed by atoms with van der Waals surface area (Å²) in [5, 5.41) is 9.53. The second-order valence-electron chi connectivity index (χ2n) is 6.46. The first-order valence-corrected chi connectivity index (χ1v) is 8.64. The first-order valence-electron chi connectivity index (χ1n) is 8.64. The Hall–Kier alpha value is -3.07. The zero-order valence-electron chi connectivity index (χ0n) is 15.0. The molecule has 0 unspecified atom stereocenters. The van der Waals surface area contributed by atoms with Crippen molar-refractivity contribution in [1.29, 1.82) is 0 Å². The van der Waals surface area contributed by atoms with Crippen molar-refractivity contribution < 1.29 is 14.6 Å². The molecule has 26 heavy (non-hydrogen) atoms. The van der Waals surface area contributed by atoms with Gasteiger partial charge in [0.2, 0.25) is 0 Å². The summed E-state index contributed by atoms with van der Waals surface area (Å²) in [5.41, 5.74) is 5.49. The third-order valence-corrected chi connectivity index (χ3v) is 4.51. The third kappa shape index (κ3) is 4.31. The summed E-state index contributed by atoms with van der Waals surface area (Å²) in [5.74, 6) is -0.406. The van der Waals surface area contributed by atoms with E-state index in [-0.39, 0.29) is 0 Å². The lowest BCUT2D eigenvalue weighted by atomic mass is 10.0. The highest BCUT2D eigenvalue weighted by Gasteiger charge is 2.20. The number of carboxylic acid groups (broad SMARTS) is 1. The van der Waals surface area contributed by atoms with Crippen molar-refractivity contribution >= 4 is 5.97 Å². The maximum Gasteiger partial charge on any atom is 0.345 e. The minimum absolute atomic E-state index is 0.330. The van der Waals surface area contributed by atoms with Crippen molar-refractivity contribution in [1.82, 2.24) is 0 Å². The number of aryl methyl sites for hydroxylation is 2. The molecule has 0 aliphatic rings. The van der Waals surface area contributed by atoms with Crippen molar-refractivity contribution in [3.63, 3.8) is 0 Å². The van der Waals surface area contributed by atoms with Gasteiger partial charge in [-0.05, 0) is 53.8 Å². The van der Waals surface area contributed by atoms with Gasteiger partial charge in [0.15, 0.2) is 6.10 Å². The fourth-order valence-corrected chi connectivity index (χ4v) is 2.84. The van der Waals surface area contributed by atoms with Crippen LogP contribution in [0, 0.1) is 13.8 Å². The van der Waals surface area contributed by atoms with Crippen molar-refractivity contribution in [2.45, 2.75) is 26.4 Å². The highest BCUT2D eigenvalue weighted by atomic mass is 16.5. The van der Waals surface area contributed by atoms with Crippen molar-refractivity contribution in [3.8, 4) is 16.9 Å². The van der Waals surface area contributed by atoms with Gasteiger partial charge in [-0.25, -0.2) is 4.79 Å². The fourth-order valence-electron chi connectivity index (χ4n) is 2.84. The Kier molecular flexibility index (Phi) is 5.37. The predicted molar refractivity (Wildman–Crippen MR) is 104 cm³/mol. The summed E-state index contributed by atoms with van der Waals surface area (Å²) in [4.78, 5) is 11.6. The second-order valence-corrected chi connectivity index (χ2v) is 6.46. The molecule has 3 nitrogen and oxygen atoms in total. The van der Waals surface area contributed by atoms with Gasteiger partial charge in [0.1, 0.15) is 5.75 Å². The molecule has 0 aliphatic heterocycles. The summed E-state index contributed by atoms with van der Waals surface area (Å²) in [7, 11) is 0. The lowest BCUT2D eigenvalue weighted by Crippen LogP contribution is -2.29. The van der Waals surface area contributed by atoms with Crippen LogP contribution < -0.4 is 4.74 Å². The van der Waals surface area contributed by atoms with E-state index in [2.05, 4.69) is 0 Å². The zero-order valence-corrected chi connectivity index (χ0v) is 15.0. The van der Waals surface area contributed by atoms with Crippen LogP contribution in [0.3, 0.4) is 0 Å². The molecule has 1 atom stereocenters. The Morgan fingerprint density at radius 3 is 2.15 bits per heavy atom. The monoisotopic (exact) mass is 346 g/mol. The van der Waals surface area contributed by atoms with E-state index in [0.717, 1.165) is 22.3 Å². The quantitative estimate of drug-likeness (QED) is 0.680. The molecular formula is C23H22O3. The lowest BCUT2D eigenvalue weighted by Gasteiger charge is -2.16. The van der Waals surface area contributed by atoms with E-state index in [1.807, 2.05) is 86.6 Å². The summed E-state index contributed by atoms with van der Waals surface area (Å²) < 4.78 is 5.74. The Morgan fingerprint density at radius 1 is 0.885 bits per heavy atom. The molecule has 0 amide bonds. The predicted octanol–water partition coefficient (Wildman–Crippen LogP) is 5.05. The third-order valence-electron chi connectivity index (χ3n) is 4.51. The summed E-state index contributed by atoms with van der Waals surface area (Å²) in [6.45, 7) is 4.07. The van der Waals surface area contributed by atoms with E-state index in [1.165, 1.54) is 5.56 Å². The molecule has 0 radical (unpaired) electrons. The van der Waals surface area contributed by atoms with E-state index in [1.54, 1.807) is 0 Å². The molecule has 0 saturated heterocycles. The van der Waals surface area contributed by atoms with E-state index in [4.69, 9.17) is 4.74 Å². The van der Waals surface area contributed by atoms with Crippen molar-refractivity contribution in [2.75, 3.05) is 0 Å². The van der Waals surface area contributed by atoms with Gasteiger partial charge in [-0.2, -0.15) is 0 Å². The minimum atomic E-state index is -0.963. The molecule has 3 rings (SSSR count). The molecule has 0 fully saturated rings. The minimum Gasteiger partial charge on any atom is -0.478 e. The number of rotatable bonds is 6. The number of carboxylic acids is 1. The molecule has 3 aromatic carbocycles. The second kappa shape index (κ2) is 7.87. The Morgan fingerprint density at radius 2 is 1.54 bits per heavy atom. The molecular weight excluding hydrogens is 324 g/mol. The maximum absolute atomic E-state index is 11.6. The number of ether oxygens (including phenoxy) is 1. The maximum atomic E-state index is 11.6. The first kappa shape index (κ1) is 17.7. The Labute approximate surface area is 153 Å². The molecule has 0 heterocycles. The van der Waals surface area contributed by atoms with Crippen LogP contribution in [0.5, 0.6) is 5.75 Å².